The fourth-order valence-corrected chi connectivity index (χ4v) is 3.32. The van der Waals surface area contributed by atoms with Crippen LogP contribution >= 0.6 is 27.7 Å². The van der Waals surface area contributed by atoms with E-state index in [1.165, 1.54) is 4.90 Å². The lowest BCUT2D eigenvalue weighted by atomic mass is 10.1. The van der Waals surface area contributed by atoms with Crippen molar-refractivity contribution in [1.82, 2.24) is 0 Å². The van der Waals surface area contributed by atoms with Gasteiger partial charge in [0.25, 0.3) is 0 Å². The minimum absolute atomic E-state index is 0.125. The molecule has 21 heavy (non-hydrogen) atoms. The molecular formula is C17H20BrNOS. The number of rotatable bonds is 7. The van der Waals surface area contributed by atoms with Crippen molar-refractivity contribution in [3.05, 3.63) is 58.6 Å². The van der Waals surface area contributed by atoms with E-state index >= 15 is 0 Å². The smallest absolute Gasteiger partial charge is 0.136 e. The number of thioether (sulfide) groups is 1. The van der Waals surface area contributed by atoms with Crippen LogP contribution in [-0.2, 0) is 6.42 Å². The molecule has 0 amide bonds. The first-order chi connectivity index (χ1) is 10.2. The third kappa shape index (κ3) is 5.38. The van der Waals surface area contributed by atoms with E-state index in [1.807, 2.05) is 25.1 Å². The summed E-state index contributed by atoms with van der Waals surface area (Å²) in [6.07, 6.45) is 0.820. The fourth-order valence-electron chi connectivity index (χ4n) is 2.04. The highest BCUT2D eigenvalue weighted by molar-refractivity contribution is 9.10. The monoisotopic (exact) mass is 365 g/mol. The average molecular weight is 366 g/mol. The van der Waals surface area contributed by atoms with Crippen LogP contribution < -0.4 is 10.5 Å². The molecule has 0 bridgehead atoms. The lowest BCUT2D eigenvalue weighted by Gasteiger charge is -2.14. The number of hydrogen-bond donors (Lipinski definition) is 1. The van der Waals surface area contributed by atoms with Crippen LogP contribution in [0.5, 0.6) is 5.75 Å². The summed E-state index contributed by atoms with van der Waals surface area (Å²) in [6, 6.07) is 16.6. The maximum Gasteiger partial charge on any atom is 0.136 e. The largest absolute Gasteiger partial charge is 0.491 e. The molecule has 2 rings (SSSR count). The Hall–Kier alpha value is -0.970. The van der Waals surface area contributed by atoms with E-state index < -0.39 is 0 Å². The average Bonchev–Trinajstić information content (AvgIpc) is 2.46. The molecule has 0 radical (unpaired) electrons. The van der Waals surface area contributed by atoms with Crippen LogP contribution in [0.3, 0.4) is 0 Å². The standard InChI is InChI=1S/C17H20BrNOS/c1-13(19)12-14-6-5-9-16(18)17(14)20-10-11-21-15-7-3-2-4-8-15/h2-9,13H,10-12,19H2,1H3. The van der Waals surface area contributed by atoms with E-state index in [2.05, 4.69) is 46.3 Å². The second-order valence-corrected chi connectivity index (χ2v) is 6.94. The highest BCUT2D eigenvalue weighted by Gasteiger charge is 2.09. The lowest BCUT2D eigenvalue weighted by molar-refractivity contribution is 0.337. The van der Waals surface area contributed by atoms with Gasteiger partial charge in [-0.3, -0.25) is 0 Å². The van der Waals surface area contributed by atoms with Gasteiger partial charge in [0, 0.05) is 16.7 Å². The van der Waals surface area contributed by atoms with Crippen molar-refractivity contribution < 1.29 is 4.74 Å². The zero-order chi connectivity index (χ0) is 15.1. The Morgan fingerprint density at radius 3 is 2.62 bits per heavy atom. The van der Waals surface area contributed by atoms with Gasteiger partial charge in [-0.05, 0) is 53.0 Å². The second-order valence-electron chi connectivity index (χ2n) is 4.92. The highest BCUT2D eigenvalue weighted by Crippen LogP contribution is 2.30. The van der Waals surface area contributed by atoms with Gasteiger partial charge in [-0.25, -0.2) is 0 Å². The molecule has 0 aliphatic heterocycles. The number of para-hydroxylation sites is 1. The van der Waals surface area contributed by atoms with Crippen LogP contribution in [0.2, 0.25) is 0 Å². The molecule has 2 aromatic rings. The molecule has 0 heterocycles. The first kappa shape index (κ1) is 16.4. The van der Waals surface area contributed by atoms with Crippen LogP contribution in [0, 0.1) is 0 Å². The Labute approximate surface area is 139 Å². The number of halogens is 1. The molecule has 2 aromatic carbocycles. The minimum atomic E-state index is 0.125. The van der Waals surface area contributed by atoms with Crippen LogP contribution in [0.4, 0.5) is 0 Å². The van der Waals surface area contributed by atoms with Gasteiger partial charge in [0.1, 0.15) is 5.75 Å². The summed E-state index contributed by atoms with van der Waals surface area (Å²) in [5.74, 6) is 1.84. The van der Waals surface area contributed by atoms with E-state index in [1.54, 1.807) is 11.8 Å². The summed E-state index contributed by atoms with van der Waals surface area (Å²) in [5.41, 5.74) is 7.06. The molecule has 1 atom stereocenters. The van der Waals surface area contributed by atoms with Crippen LogP contribution in [-0.4, -0.2) is 18.4 Å². The van der Waals surface area contributed by atoms with Crippen molar-refractivity contribution in [3.8, 4) is 5.75 Å². The van der Waals surface area contributed by atoms with Crippen molar-refractivity contribution in [2.24, 2.45) is 5.73 Å². The summed E-state index contributed by atoms with van der Waals surface area (Å²) >= 11 is 5.36. The van der Waals surface area contributed by atoms with E-state index in [0.717, 1.165) is 28.0 Å². The zero-order valence-electron chi connectivity index (χ0n) is 12.1. The van der Waals surface area contributed by atoms with E-state index in [4.69, 9.17) is 10.5 Å². The first-order valence-corrected chi connectivity index (χ1v) is 8.78. The Balaban J connectivity index is 1.90. The molecular weight excluding hydrogens is 346 g/mol. The van der Waals surface area contributed by atoms with Crippen molar-refractivity contribution in [1.29, 1.82) is 0 Å². The van der Waals surface area contributed by atoms with Gasteiger partial charge in [-0.1, -0.05) is 30.3 Å². The molecule has 0 fully saturated rings. The molecule has 4 heteroatoms. The summed E-state index contributed by atoms with van der Waals surface area (Å²) in [5, 5.41) is 0. The third-order valence-corrected chi connectivity index (χ3v) is 4.53. The maximum absolute atomic E-state index is 5.97. The number of nitrogens with two attached hydrogens (primary N) is 1. The predicted molar refractivity (Wildman–Crippen MR) is 94.2 cm³/mol. The Kier molecular flexibility index (Phi) is 6.61. The van der Waals surface area contributed by atoms with E-state index in [0.29, 0.717) is 6.61 Å². The maximum atomic E-state index is 5.97. The molecule has 0 aromatic heterocycles. The van der Waals surface area contributed by atoms with Crippen molar-refractivity contribution in [2.75, 3.05) is 12.4 Å². The molecule has 0 spiro atoms. The summed E-state index contributed by atoms with van der Waals surface area (Å²) in [7, 11) is 0. The van der Waals surface area contributed by atoms with Gasteiger partial charge in [0.15, 0.2) is 0 Å². The van der Waals surface area contributed by atoms with Gasteiger partial charge in [-0.2, -0.15) is 0 Å². The quantitative estimate of drug-likeness (QED) is 0.579. The SMILES string of the molecule is CC(N)Cc1cccc(Br)c1OCCSc1ccccc1. The number of benzene rings is 2. The van der Waals surface area contributed by atoms with Gasteiger partial charge < -0.3 is 10.5 Å². The molecule has 0 saturated heterocycles. The summed E-state index contributed by atoms with van der Waals surface area (Å²) in [4.78, 5) is 1.27. The van der Waals surface area contributed by atoms with Gasteiger partial charge >= 0.3 is 0 Å². The predicted octanol–water partition coefficient (Wildman–Crippen LogP) is 4.51. The molecule has 112 valence electrons. The van der Waals surface area contributed by atoms with Gasteiger partial charge in [0.2, 0.25) is 0 Å². The molecule has 2 N–H and O–H groups in total. The third-order valence-electron chi connectivity index (χ3n) is 2.93. The molecule has 0 aliphatic rings. The Bertz CT molecular complexity index is 560. The number of hydrogen-bond acceptors (Lipinski definition) is 3. The first-order valence-electron chi connectivity index (χ1n) is 7.00. The minimum Gasteiger partial charge on any atom is -0.491 e. The fraction of sp³-hybridized carbons (Fsp3) is 0.294. The molecule has 2 nitrogen and oxygen atoms in total. The highest BCUT2D eigenvalue weighted by atomic mass is 79.9. The van der Waals surface area contributed by atoms with Crippen molar-refractivity contribution >= 4 is 27.7 Å². The molecule has 0 aliphatic carbocycles. The summed E-state index contributed by atoms with van der Waals surface area (Å²) < 4.78 is 6.96. The number of ether oxygens (including phenoxy) is 1. The van der Waals surface area contributed by atoms with Gasteiger partial charge in [0.05, 0.1) is 11.1 Å². The molecule has 1 unspecified atom stereocenters. The Morgan fingerprint density at radius 2 is 1.90 bits per heavy atom. The van der Waals surface area contributed by atoms with Crippen molar-refractivity contribution in [3.63, 3.8) is 0 Å². The van der Waals surface area contributed by atoms with E-state index in [9.17, 15) is 0 Å². The second kappa shape index (κ2) is 8.47. The van der Waals surface area contributed by atoms with Crippen molar-refractivity contribution in [2.45, 2.75) is 24.3 Å². The Morgan fingerprint density at radius 1 is 1.14 bits per heavy atom. The van der Waals surface area contributed by atoms with E-state index in [-0.39, 0.29) is 6.04 Å². The molecule has 0 saturated carbocycles. The lowest BCUT2D eigenvalue weighted by Crippen LogP contribution is -2.18. The van der Waals surface area contributed by atoms with Crippen LogP contribution in [0.25, 0.3) is 0 Å². The summed E-state index contributed by atoms with van der Waals surface area (Å²) in [6.45, 7) is 2.68. The van der Waals surface area contributed by atoms with Crippen LogP contribution in [0.15, 0.2) is 57.9 Å². The van der Waals surface area contributed by atoms with Gasteiger partial charge in [-0.15, -0.1) is 11.8 Å². The topological polar surface area (TPSA) is 35.2 Å². The zero-order valence-corrected chi connectivity index (χ0v) is 14.5. The normalized spacial score (nSPS) is 12.1. The van der Waals surface area contributed by atoms with Crippen LogP contribution in [0.1, 0.15) is 12.5 Å².